The van der Waals surface area contributed by atoms with Crippen LogP contribution in [0.25, 0.3) is 0 Å². The van der Waals surface area contributed by atoms with E-state index in [0.29, 0.717) is 5.71 Å². The van der Waals surface area contributed by atoms with Gasteiger partial charge in [0.25, 0.3) is 0 Å². The topological polar surface area (TPSA) is 51.0 Å². The second kappa shape index (κ2) is 6.10. The van der Waals surface area contributed by atoms with E-state index in [1.54, 1.807) is 19.2 Å². The van der Waals surface area contributed by atoms with Crippen LogP contribution in [0.1, 0.15) is 16.7 Å². The number of phenols is 1. The number of phenolic OH excluding ortho intramolecular Hbond substituents is 1. The Labute approximate surface area is 118 Å². The lowest BCUT2D eigenvalue weighted by Crippen LogP contribution is -2.04. The van der Waals surface area contributed by atoms with E-state index >= 15 is 0 Å². The zero-order valence-corrected chi connectivity index (χ0v) is 11.8. The lowest BCUT2D eigenvalue weighted by atomic mass is 10.0. The summed E-state index contributed by atoms with van der Waals surface area (Å²) in [5.41, 5.74) is 3.23. The largest absolute Gasteiger partial charge is 0.508 e. The average Bonchev–Trinajstić information content (AvgIpc) is 2.48. The molecule has 0 spiro atoms. The van der Waals surface area contributed by atoms with E-state index in [4.69, 9.17) is 9.57 Å². The van der Waals surface area contributed by atoms with Crippen LogP contribution in [0.2, 0.25) is 0 Å². The van der Waals surface area contributed by atoms with Crippen LogP contribution in [0.3, 0.4) is 0 Å². The predicted octanol–water partition coefficient (Wildman–Crippen LogP) is 3.11. The van der Waals surface area contributed by atoms with E-state index in [-0.39, 0.29) is 5.75 Å². The highest BCUT2D eigenvalue weighted by Gasteiger charge is 2.10. The standard InChI is InChI=1S/C16H17NO3/c1-11-9-13(7-8-15(11)18)16(17-20-3)12-5-4-6-14(10-12)19-2/h4-10,18H,1-3H3/b17-16+. The summed E-state index contributed by atoms with van der Waals surface area (Å²) in [7, 11) is 3.13. The van der Waals surface area contributed by atoms with Gasteiger partial charge in [-0.1, -0.05) is 17.3 Å². The SMILES string of the molecule is CO/N=C(\c1cccc(OC)c1)c1ccc(O)c(C)c1. The Morgan fingerprint density at radius 1 is 1.05 bits per heavy atom. The van der Waals surface area contributed by atoms with E-state index in [1.807, 2.05) is 37.3 Å². The van der Waals surface area contributed by atoms with Crippen molar-refractivity contribution in [1.82, 2.24) is 0 Å². The fourth-order valence-corrected chi connectivity index (χ4v) is 1.94. The quantitative estimate of drug-likeness (QED) is 0.686. The van der Waals surface area contributed by atoms with Crippen LogP contribution in [-0.2, 0) is 4.84 Å². The van der Waals surface area contributed by atoms with Gasteiger partial charge in [-0.15, -0.1) is 0 Å². The van der Waals surface area contributed by atoms with Crippen molar-refractivity contribution in [3.8, 4) is 11.5 Å². The first-order chi connectivity index (χ1) is 9.65. The minimum absolute atomic E-state index is 0.260. The van der Waals surface area contributed by atoms with Gasteiger partial charge in [0.1, 0.15) is 24.3 Å². The van der Waals surface area contributed by atoms with Crippen molar-refractivity contribution in [2.24, 2.45) is 5.16 Å². The van der Waals surface area contributed by atoms with Gasteiger partial charge in [-0.25, -0.2) is 0 Å². The van der Waals surface area contributed by atoms with Gasteiger partial charge in [0.15, 0.2) is 0 Å². The summed E-state index contributed by atoms with van der Waals surface area (Å²) in [5, 5.41) is 13.7. The molecular weight excluding hydrogens is 254 g/mol. The molecule has 0 aromatic heterocycles. The fraction of sp³-hybridized carbons (Fsp3) is 0.188. The summed E-state index contributed by atoms with van der Waals surface area (Å²) >= 11 is 0. The third kappa shape index (κ3) is 2.91. The van der Waals surface area contributed by atoms with Crippen molar-refractivity contribution in [1.29, 1.82) is 0 Å². The summed E-state index contributed by atoms with van der Waals surface area (Å²) in [6.07, 6.45) is 0. The molecule has 0 unspecified atom stereocenters. The van der Waals surface area contributed by atoms with E-state index in [2.05, 4.69) is 5.16 Å². The molecule has 0 saturated carbocycles. The van der Waals surface area contributed by atoms with Crippen LogP contribution in [0.4, 0.5) is 0 Å². The highest BCUT2D eigenvalue weighted by Crippen LogP contribution is 2.21. The highest BCUT2D eigenvalue weighted by molar-refractivity contribution is 6.13. The fourth-order valence-electron chi connectivity index (χ4n) is 1.94. The summed E-state index contributed by atoms with van der Waals surface area (Å²) in [6.45, 7) is 1.84. The molecule has 0 atom stereocenters. The van der Waals surface area contributed by atoms with Gasteiger partial charge in [-0.2, -0.15) is 0 Å². The zero-order chi connectivity index (χ0) is 14.5. The molecule has 2 aromatic carbocycles. The molecule has 2 rings (SSSR count). The number of ether oxygens (including phenoxy) is 1. The maximum Gasteiger partial charge on any atom is 0.119 e. The molecule has 0 bridgehead atoms. The van der Waals surface area contributed by atoms with Crippen LogP contribution in [0.15, 0.2) is 47.6 Å². The molecule has 1 N–H and O–H groups in total. The van der Waals surface area contributed by atoms with Crippen LogP contribution in [-0.4, -0.2) is 25.0 Å². The Kier molecular flexibility index (Phi) is 4.25. The number of aryl methyl sites for hydroxylation is 1. The zero-order valence-electron chi connectivity index (χ0n) is 11.8. The molecule has 20 heavy (non-hydrogen) atoms. The maximum absolute atomic E-state index is 9.62. The number of benzene rings is 2. The van der Waals surface area contributed by atoms with Gasteiger partial charge in [-0.3, -0.25) is 0 Å². The van der Waals surface area contributed by atoms with Gasteiger partial charge in [0, 0.05) is 11.1 Å². The Morgan fingerprint density at radius 3 is 2.45 bits per heavy atom. The van der Waals surface area contributed by atoms with Crippen LogP contribution in [0.5, 0.6) is 11.5 Å². The minimum Gasteiger partial charge on any atom is -0.508 e. The second-order valence-corrected chi connectivity index (χ2v) is 4.36. The van der Waals surface area contributed by atoms with Crippen LogP contribution >= 0.6 is 0 Å². The molecule has 0 fully saturated rings. The summed E-state index contributed by atoms with van der Waals surface area (Å²) in [4.78, 5) is 4.94. The van der Waals surface area contributed by atoms with Crippen molar-refractivity contribution in [2.45, 2.75) is 6.92 Å². The number of hydrogen-bond acceptors (Lipinski definition) is 4. The van der Waals surface area contributed by atoms with Crippen molar-refractivity contribution < 1.29 is 14.7 Å². The lowest BCUT2D eigenvalue weighted by Gasteiger charge is -2.09. The second-order valence-electron chi connectivity index (χ2n) is 4.36. The lowest BCUT2D eigenvalue weighted by molar-refractivity contribution is 0.214. The Balaban J connectivity index is 2.50. The predicted molar refractivity (Wildman–Crippen MR) is 78.5 cm³/mol. The molecule has 0 aliphatic heterocycles. The van der Waals surface area contributed by atoms with Crippen molar-refractivity contribution in [2.75, 3.05) is 14.2 Å². The Hall–Kier alpha value is -2.49. The number of methoxy groups -OCH3 is 1. The summed E-state index contributed by atoms with van der Waals surface area (Å²) in [5.74, 6) is 1.01. The molecule has 4 heteroatoms. The van der Waals surface area contributed by atoms with Crippen molar-refractivity contribution >= 4 is 5.71 Å². The van der Waals surface area contributed by atoms with E-state index in [0.717, 1.165) is 22.4 Å². The number of hydrogen-bond donors (Lipinski definition) is 1. The van der Waals surface area contributed by atoms with Crippen molar-refractivity contribution in [3.05, 3.63) is 59.2 Å². The Morgan fingerprint density at radius 2 is 1.80 bits per heavy atom. The number of aromatic hydroxyl groups is 1. The molecule has 4 nitrogen and oxygen atoms in total. The highest BCUT2D eigenvalue weighted by atomic mass is 16.6. The third-order valence-electron chi connectivity index (χ3n) is 3.00. The first-order valence-electron chi connectivity index (χ1n) is 6.21. The first kappa shape index (κ1) is 13.9. The molecule has 0 heterocycles. The van der Waals surface area contributed by atoms with Gasteiger partial charge in [0.2, 0.25) is 0 Å². The van der Waals surface area contributed by atoms with Crippen molar-refractivity contribution in [3.63, 3.8) is 0 Å². The molecule has 0 aliphatic rings. The minimum atomic E-state index is 0.260. The van der Waals surface area contributed by atoms with Gasteiger partial charge >= 0.3 is 0 Å². The van der Waals surface area contributed by atoms with Gasteiger partial charge in [-0.05, 0) is 42.8 Å². The van der Waals surface area contributed by atoms with E-state index in [1.165, 1.54) is 7.11 Å². The maximum atomic E-state index is 9.62. The molecule has 2 aromatic rings. The smallest absolute Gasteiger partial charge is 0.119 e. The normalized spacial score (nSPS) is 11.2. The van der Waals surface area contributed by atoms with Crippen LogP contribution in [0, 0.1) is 6.92 Å². The first-order valence-corrected chi connectivity index (χ1v) is 6.21. The monoisotopic (exact) mass is 271 g/mol. The van der Waals surface area contributed by atoms with Crippen LogP contribution < -0.4 is 4.74 Å². The third-order valence-corrected chi connectivity index (χ3v) is 3.00. The number of rotatable bonds is 4. The molecule has 0 saturated heterocycles. The average molecular weight is 271 g/mol. The van der Waals surface area contributed by atoms with Gasteiger partial charge in [0.05, 0.1) is 7.11 Å². The summed E-state index contributed by atoms with van der Waals surface area (Å²) < 4.78 is 5.23. The number of nitrogens with zero attached hydrogens (tertiary/aromatic N) is 1. The molecule has 0 radical (unpaired) electrons. The number of oxime groups is 1. The molecule has 0 amide bonds. The summed E-state index contributed by atoms with van der Waals surface area (Å²) in [6, 6.07) is 12.9. The molecular formula is C16H17NO3. The molecule has 0 aliphatic carbocycles. The van der Waals surface area contributed by atoms with Gasteiger partial charge < -0.3 is 14.7 Å². The Bertz CT molecular complexity index is 635. The molecule has 104 valence electrons. The van der Waals surface area contributed by atoms with E-state index in [9.17, 15) is 5.11 Å². The van der Waals surface area contributed by atoms with E-state index < -0.39 is 0 Å².